The average Bonchev–Trinajstić information content (AvgIpc) is 2.85. The summed E-state index contributed by atoms with van der Waals surface area (Å²) in [6, 6.07) is 22.6. The normalized spacial score (nSPS) is 10.9. The molecular weight excluding hydrogens is 420 g/mol. The number of aliphatic hydroxyl groups is 2. The molecule has 0 aromatic heterocycles. The Morgan fingerprint density at radius 1 is 0.545 bits per heavy atom. The average molecular weight is 453 g/mol. The van der Waals surface area contributed by atoms with E-state index in [1.807, 2.05) is 37.3 Å². The molecular formula is C27H32O6. The highest BCUT2D eigenvalue weighted by Crippen LogP contribution is 2.29. The van der Waals surface area contributed by atoms with E-state index in [4.69, 9.17) is 29.2 Å². The molecule has 0 heterocycles. The summed E-state index contributed by atoms with van der Waals surface area (Å²) >= 11 is 0. The van der Waals surface area contributed by atoms with E-state index in [2.05, 4.69) is 36.4 Å². The highest BCUT2D eigenvalue weighted by molar-refractivity contribution is 5.71. The van der Waals surface area contributed by atoms with Crippen LogP contribution in [0.4, 0.5) is 0 Å². The summed E-state index contributed by atoms with van der Waals surface area (Å²) in [5.41, 5.74) is 5.60. The van der Waals surface area contributed by atoms with Crippen molar-refractivity contribution in [2.75, 3.05) is 52.9 Å². The molecule has 176 valence electrons. The zero-order chi connectivity index (χ0) is 23.3. The van der Waals surface area contributed by atoms with Crippen LogP contribution < -0.4 is 9.47 Å². The second-order valence-electron chi connectivity index (χ2n) is 7.45. The zero-order valence-corrected chi connectivity index (χ0v) is 19.0. The number of ether oxygens (including phenoxy) is 4. The maximum Gasteiger partial charge on any atom is 0.122 e. The van der Waals surface area contributed by atoms with Gasteiger partial charge in [0.1, 0.15) is 24.7 Å². The Balaban J connectivity index is 1.55. The van der Waals surface area contributed by atoms with Gasteiger partial charge in [0.15, 0.2) is 0 Å². The van der Waals surface area contributed by atoms with Gasteiger partial charge in [0.05, 0.1) is 39.6 Å². The molecule has 33 heavy (non-hydrogen) atoms. The van der Waals surface area contributed by atoms with Gasteiger partial charge in [-0.05, 0) is 59.0 Å². The molecule has 0 atom stereocenters. The lowest BCUT2D eigenvalue weighted by Gasteiger charge is -2.12. The minimum Gasteiger partial charge on any atom is -0.491 e. The van der Waals surface area contributed by atoms with Gasteiger partial charge in [-0.1, -0.05) is 42.5 Å². The predicted octanol–water partition coefficient (Wildman–Crippen LogP) is 4.10. The fourth-order valence-electron chi connectivity index (χ4n) is 3.35. The van der Waals surface area contributed by atoms with Gasteiger partial charge in [-0.15, -0.1) is 0 Å². The Bertz CT molecular complexity index is 953. The molecule has 2 N–H and O–H groups in total. The van der Waals surface area contributed by atoms with Gasteiger partial charge in [0.25, 0.3) is 0 Å². The van der Waals surface area contributed by atoms with Crippen LogP contribution in [-0.2, 0) is 9.47 Å². The van der Waals surface area contributed by atoms with E-state index < -0.39 is 0 Å². The molecule has 0 spiro atoms. The first-order valence-electron chi connectivity index (χ1n) is 11.2. The molecule has 6 nitrogen and oxygen atoms in total. The fourth-order valence-corrected chi connectivity index (χ4v) is 3.35. The Kier molecular flexibility index (Phi) is 10.2. The van der Waals surface area contributed by atoms with Gasteiger partial charge in [-0.3, -0.25) is 0 Å². The van der Waals surface area contributed by atoms with Crippen molar-refractivity contribution in [1.82, 2.24) is 0 Å². The monoisotopic (exact) mass is 452 g/mol. The van der Waals surface area contributed by atoms with Crippen LogP contribution >= 0.6 is 0 Å². The van der Waals surface area contributed by atoms with E-state index in [-0.39, 0.29) is 13.2 Å². The van der Waals surface area contributed by atoms with Crippen LogP contribution in [0.25, 0.3) is 22.3 Å². The molecule has 0 aliphatic rings. The van der Waals surface area contributed by atoms with Crippen molar-refractivity contribution in [3.05, 3.63) is 72.3 Å². The molecule has 3 aromatic rings. The lowest BCUT2D eigenvalue weighted by Crippen LogP contribution is -2.09. The van der Waals surface area contributed by atoms with Crippen molar-refractivity contribution in [2.24, 2.45) is 0 Å². The SMILES string of the molecule is Cc1cc(-c2ccc(-c3ccc(OCCOCCO)cc3)cc2)ccc1OCCOCCO. The Hall–Kier alpha value is -2.90. The topological polar surface area (TPSA) is 77.4 Å². The molecule has 0 saturated heterocycles. The van der Waals surface area contributed by atoms with Crippen molar-refractivity contribution in [1.29, 1.82) is 0 Å². The predicted molar refractivity (Wildman–Crippen MR) is 129 cm³/mol. The standard InChI is InChI=1S/C27H32O6/c1-21-20-25(8-11-27(21)33-19-17-31-15-13-29)24-4-2-22(3-5-24)23-6-9-26(10-7-23)32-18-16-30-14-12-28/h2-11,20,28-29H,12-19H2,1H3. The van der Waals surface area contributed by atoms with Crippen molar-refractivity contribution in [2.45, 2.75) is 6.92 Å². The third kappa shape index (κ3) is 7.87. The van der Waals surface area contributed by atoms with Gasteiger partial charge in [-0.2, -0.15) is 0 Å². The van der Waals surface area contributed by atoms with Crippen LogP contribution in [-0.4, -0.2) is 63.1 Å². The van der Waals surface area contributed by atoms with Crippen LogP contribution in [0.15, 0.2) is 66.7 Å². The first kappa shape index (κ1) is 24.7. The Labute approximate surface area is 195 Å². The van der Waals surface area contributed by atoms with E-state index in [1.165, 1.54) is 0 Å². The van der Waals surface area contributed by atoms with Crippen LogP contribution in [0.3, 0.4) is 0 Å². The highest BCUT2D eigenvalue weighted by atomic mass is 16.5. The molecule has 0 aliphatic heterocycles. The summed E-state index contributed by atoms with van der Waals surface area (Å²) in [7, 11) is 0. The second-order valence-corrected chi connectivity index (χ2v) is 7.45. The molecule has 3 rings (SSSR count). The lowest BCUT2D eigenvalue weighted by molar-refractivity contribution is 0.0704. The first-order chi connectivity index (χ1) is 16.2. The highest BCUT2D eigenvalue weighted by Gasteiger charge is 2.05. The molecule has 0 amide bonds. The van der Waals surface area contributed by atoms with Crippen LogP contribution in [0.5, 0.6) is 11.5 Å². The quantitative estimate of drug-likeness (QED) is 0.359. The summed E-state index contributed by atoms with van der Waals surface area (Å²) in [5.74, 6) is 1.63. The summed E-state index contributed by atoms with van der Waals surface area (Å²) in [6.07, 6.45) is 0. The smallest absolute Gasteiger partial charge is 0.122 e. The largest absolute Gasteiger partial charge is 0.491 e. The summed E-state index contributed by atoms with van der Waals surface area (Å²) in [5, 5.41) is 17.4. The van der Waals surface area contributed by atoms with Crippen molar-refractivity contribution in [3.8, 4) is 33.8 Å². The zero-order valence-electron chi connectivity index (χ0n) is 19.0. The van der Waals surface area contributed by atoms with Crippen LogP contribution in [0, 0.1) is 6.92 Å². The first-order valence-corrected chi connectivity index (χ1v) is 11.2. The Morgan fingerprint density at radius 2 is 1.03 bits per heavy atom. The molecule has 6 heteroatoms. The summed E-state index contributed by atoms with van der Waals surface area (Å²) in [6.45, 7) is 4.55. The number of benzene rings is 3. The fraction of sp³-hybridized carbons (Fsp3) is 0.333. The van der Waals surface area contributed by atoms with E-state index in [9.17, 15) is 0 Å². The second kappa shape index (κ2) is 13.6. The summed E-state index contributed by atoms with van der Waals surface area (Å²) in [4.78, 5) is 0. The molecule has 0 radical (unpaired) electrons. The van der Waals surface area contributed by atoms with E-state index in [0.29, 0.717) is 39.6 Å². The number of aryl methyl sites for hydroxylation is 1. The third-order valence-corrected chi connectivity index (χ3v) is 5.03. The number of hydrogen-bond donors (Lipinski definition) is 2. The van der Waals surface area contributed by atoms with E-state index in [0.717, 1.165) is 39.3 Å². The van der Waals surface area contributed by atoms with Gasteiger partial charge < -0.3 is 29.2 Å². The third-order valence-electron chi connectivity index (χ3n) is 5.03. The minimum absolute atomic E-state index is 0.0226. The Morgan fingerprint density at radius 3 is 1.58 bits per heavy atom. The van der Waals surface area contributed by atoms with Crippen molar-refractivity contribution >= 4 is 0 Å². The van der Waals surface area contributed by atoms with E-state index >= 15 is 0 Å². The van der Waals surface area contributed by atoms with E-state index in [1.54, 1.807) is 0 Å². The van der Waals surface area contributed by atoms with Crippen LogP contribution in [0.1, 0.15) is 5.56 Å². The number of rotatable bonds is 14. The van der Waals surface area contributed by atoms with Gasteiger partial charge >= 0.3 is 0 Å². The number of hydrogen-bond acceptors (Lipinski definition) is 6. The molecule has 0 saturated carbocycles. The van der Waals surface area contributed by atoms with Gasteiger partial charge in [-0.25, -0.2) is 0 Å². The molecule has 3 aromatic carbocycles. The number of aliphatic hydroxyl groups excluding tert-OH is 2. The molecule has 0 aliphatic carbocycles. The van der Waals surface area contributed by atoms with Crippen molar-refractivity contribution in [3.63, 3.8) is 0 Å². The molecule has 0 bridgehead atoms. The lowest BCUT2D eigenvalue weighted by atomic mass is 9.99. The van der Waals surface area contributed by atoms with Crippen LogP contribution in [0.2, 0.25) is 0 Å². The maximum atomic E-state index is 8.73. The minimum atomic E-state index is 0.0226. The van der Waals surface area contributed by atoms with Crippen molar-refractivity contribution < 1.29 is 29.2 Å². The molecule has 0 unspecified atom stereocenters. The van der Waals surface area contributed by atoms with Gasteiger partial charge in [0, 0.05) is 0 Å². The summed E-state index contributed by atoms with van der Waals surface area (Å²) < 4.78 is 21.8. The molecule has 0 fully saturated rings. The maximum absolute atomic E-state index is 8.73. The van der Waals surface area contributed by atoms with Gasteiger partial charge in [0.2, 0.25) is 0 Å².